The Kier molecular flexibility index (Phi) is 9.39. The average molecular weight is 286 g/mol. The normalized spacial score (nSPS) is 17.7. The quantitative estimate of drug-likeness (QED) is 0.494. The molecule has 0 aromatic carbocycles. The van der Waals surface area contributed by atoms with Crippen molar-refractivity contribution in [2.75, 3.05) is 39.3 Å². The number of piperazine rings is 1. The molecule has 0 radical (unpaired) electrons. The highest BCUT2D eigenvalue weighted by atomic mass is 32.1. The number of thiocarbonyl (C=S) groups is 1. The summed E-state index contributed by atoms with van der Waals surface area (Å²) in [6.45, 7) is 8.94. The summed E-state index contributed by atoms with van der Waals surface area (Å²) in [5, 5.41) is 0. The molecule has 1 rings (SSSR count). The standard InChI is InChI=1S/C15H31N3S/c1-2-3-4-5-6-7-8-9-17-10-12-18(13-11-17)14-15(16)19/h2-14H2,1H3,(H2,16,19). The van der Waals surface area contributed by atoms with Crippen molar-refractivity contribution in [3.8, 4) is 0 Å². The van der Waals surface area contributed by atoms with Crippen molar-refractivity contribution in [1.29, 1.82) is 0 Å². The molecule has 0 saturated carbocycles. The van der Waals surface area contributed by atoms with E-state index in [2.05, 4.69) is 16.7 Å². The molecule has 4 heteroatoms. The highest BCUT2D eigenvalue weighted by Crippen LogP contribution is 2.08. The lowest BCUT2D eigenvalue weighted by molar-refractivity contribution is 0.144. The van der Waals surface area contributed by atoms with Gasteiger partial charge in [-0.1, -0.05) is 57.7 Å². The van der Waals surface area contributed by atoms with Gasteiger partial charge in [0.1, 0.15) is 0 Å². The number of hydrogen-bond donors (Lipinski definition) is 1. The molecule has 19 heavy (non-hydrogen) atoms. The zero-order valence-electron chi connectivity index (χ0n) is 12.6. The number of hydrogen-bond acceptors (Lipinski definition) is 3. The van der Waals surface area contributed by atoms with E-state index in [0.29, 0.717) is 4.99 Å². The Labute approximate surface area is 124 Å². The zero-order valence-corrected chi connectivity index (χ0v) is 13.4. The van der Waals surface area contributed by atoms with E-state index >= 15 is 0 Å². The van der Waals surface area contributed by atoms with Crippen LogP contribution in [0.5, 0.6) is 0 Å². The maximum absolute atomic E-state index is 5.58. The minimum absolute atomic E-state index is 0.625. The molecule has 1 saturated heterocycles. The van der Waals surface area contributed by atoms with Gasteiger partial charge >= 0.3 is 0 Å². The van der Waals surface area contributed by atoms with Gasteiger partial charge in [0.05, 0.1) is 4.99 Å². The van der Waals surface area contributed by atoms with Gasteiger partial charge in [-0.05, 0) is 13.0 Å². The van der Waals surface area contributed by atoms with Crippen LogP contribution in [-0.2, 0) is 0 Å². The molecule has 2 N–H and O–H groups in total. The number of nitrogens with two attached hydrogens (primary N) is 1. The minimum atomic E-state index is 0.625. The molecule has 1 aliphatic heterocycles. The van der Waals surface area contributed by atoms with Crippen molar-refractivity contribution in [2.45, 2.75) is 51.9 Å². The Hall–Kier alpha value is -0.190. The van der Waals surface area contributed by atoms with Crippen molar-refractivity contribution >= 4 is 17.2 Å². The van der Waals surface area contributed by atoms with Crippen LogP contribution in [0.15, 0.2) is 0 Å². The first-order chi connectivity index (χ1) is 9.22. The second kappa shape index (κ2) is 10.6. The van der Waals surface area contributed by atoms with E-state index in [1.165, 1.54) is 64.6 Å². The van der Waals surface area contributed by atoms with Crippen LogP contribution in [0.2, 0.25) is 0 Å². The highest BCUT2D eigenvalue weighted by molar-refractivity contribution is 7.80. The van der Waals surface area contributed by atoms with E-state index in [9.17, 15) is 0 Å². The van der Waals surface area contributed by atoms with Crippen LogP contribution < -0.4 is 5.73 Å². The van der Waals surface area contributed by atoms with Crippen LogP contribution in [-0.4, -0.2) is 54.1 Å². The Bertz CT molecular complexity index is 238. The van der Waals surface area contributed by atoms with Crippen LogP contribution in [0.3, 0.4) is 0 Å². The molecule has 0 amide bonds. The lowest BCUT2D eigenvalue weighted by Gasteiger charge is -2.34. The predicted octanol–water partition coefficient (Wildman–Crippen LogP) is 2.64. The fraction of sp³-hybridized carbons (Fsp3) is 0.933. The molecule has 0 aliphatic carbocycles. The monoisotopic (exact) mass is 285 g/mol. The molecule has 1 fully saturated rings. The van der Waals surface area contributed by atoms with Gasteiger partial charge in [0, 0.05) is 32.7 Å². The van der Waals surface area contributed by atoms with E-state index in [-0.39, 0.29) is 0 Å². The van der Waals surface area contributed by atoms with E-state index in [1.807, 2.05) is 0 Å². The topological polar surface area (TPSA) is 32.5 Å². The van der Waals surface area contributed by atoms with E-state index in [1.54, 1.807) is 0 Å². The van der Waals surface area contributed by atoms with Gasteiger partial charge in [0.2, 0.25) is 0 Å². The van der Waals surface area contributed by atoms with Crippen molar-refractivity contribution in [2.24, 2.45) is 5.73 Å². The van der Waals surface area contributed by atoms with Gasteiger partial charge in [-0.15, -0.1) is 0 Å². The minimum Gasteiger partial charge on any atom is -0.392 e. The maximum Gasteiger partial charge on any atom is 0.0870 e. The molecule has 1 aliphatic rings. The van der Waals surface area contributed by atoms with Crippen molar-refractivity contribution in [3.63, 3.8) is 0 Å². The predicted molar refractivity (Wildman–Crippen MR) is 87.7 cm³/mol. The highest BCUT2D eigenvalue weighted by Gasteiger charge is 2.16. The van der Waals surface area contributed by atoms with E-state index < -0.39 is 0 Å². The molecule has 0 bridgehead atoms. The van der Waals surface area contributed by atoms with Gasteiger partial charge in [0.25, 0.3) is 0 Å². The summed E-state index contributed by atoms with van der Waals surface area (Å²) >= 11 is 4.96. The average Bonchev–Trinajstić information content (AvgIpc) is 2.39. The van der Waals surface area contributed by atoms with Crippen LogP contribution in [0.25, 0.3) is 0 Å². The third kappa shape index (κ3) is 8.56. The lowest BCUT2D eigenvalue weighted by atomic mass is 10.1. The first-order valence-corrected chi connectivity index (χ1v) is 8.36. The van der Waals surface area contributed by atoms with E-state index in [0.717, 1.165) is 19.6 Å². The second-order valence-electron chi connectivity index (χ2n) is 5.71. The third-order valence-corrected chi connectivity index (χ3v) is 4.05. The third-order valence-electron chi connectivity index (χ3n) is 3.92. The van der Waals surface area contributed by atoms with Crippen LogP contribution in [0.1, 0.15) is 51.9 Å². The van der Waals surface area contributed by atoms with Crippen LogP contribution in [0.4, 0.5) is 0 Å². The number of nitrogens with zero attached hydrogens (tertiary/aromatic N) is 2. The summed E-state index contributed by atoms with van der Waals surface area (Å²) in [7, 11) is 0. The Morgan fingerprint density at radius 3 is 2.00 bits per heavy atom. The smallest absolute Gasteiger partial charge is 0.0870 e. The molecule has 112 valence electrons. The van der Waals surface area contributed by atoms with Crippen LogP contribution >= 0.6 is 12.2 Å². The first-order valence-electron chi connectivity index (χ1n) is 7.95. The fourth-order valence-corrected chi connectivity index (χ4v) is 2.87. The molecule has 0 aromatic heterocycles. The summed E-state index contributed by atoms with van der Waals surface area (Å²) in [4.78, 5) is 5.58. The molecule has 0 unspecified atom stereocenters. The molecule has 0 aromatic rings. The van der Waals surface area contributed by atoms with E-state index in [4.69, 9.17) is 18.0 Å². The van der Waals surface area contributed by atoms with Gasteiger partial charge in [0.15, 0.2) is 0 Å². The Morgan fingerprint density at radius 1 is 0.895 bits per heavy atom. The molecule has 3 nitrogen and oxygen atoms in total. The van der Waals surface area contributed by atoms with Gasteiger partial charge in [-0.2, -0.15) is 0 Å². The van der Waals surface area contributed by atoms with Crippen molar-refractivity contribution < 1.29 is 0 Å². The Morgan fingerprint density at radius 2 is 1.42 bits per heavy atom. The lowest BCUT2D eigenvalue weighted by Crippen LogP contribution is -2.48. The molecule has 0 atom stereocenters. The number of rotatable bonds is 10. The largest absolute Gasteiger partial charge is 0.392 e. The first kappa shape index (κ1) is 16.9. The summed E-state index contributed by atoms with van der Waals surface area (Å²) < 4.78 is 0. The number of unbranched alkanes of at least 4 members (excludes halogenated alkanes) is 6. The summed E-state index contributed by atoms with van der Waals surface area (Å²) in [6, 6.07) is 0. The fourth-order valence-electron chi connectivity index (χ4n) is 2.68. The summed E-state index contributed by atoms with van der Waals surface area (Å²) in [6.07, 6.45) is 9.78. The van der Waals surface area contributed by atoms with Crippen molar-refractivity contribution in [1.82, 2.24) is 9.80 Å². The maximum atomic E-state index is 5.58. The van der Waals surface area contributed by atoms with Gasteiger partial charge < -0.3 is 10.6 Å². The molecule has 0 spiro atoms. The SMILES string of the molecule is CCCCCCCCCN1CCN(CC(N)=S)CC1. The second-order valence-corrected chi connectivity index (χ2v) is 6.23. The Balaban J connectivity index is 1.93. The summed E-state index contributed by atoms with van der Waals surface area (Å²) in [5.41, 5.74) is 5.58. The summed E-state index contributed by atoms with van der Waals surface area (Å²) in [5.74, 6) is 0. The zero-order chi connectivity index (χ0) is 13.9. The van der Waals surface area contributed by atoms with Gasteiger partial charge in [-0.3, -0.25) is 4.90 Å². The van der Waals surface area contributed by atoms with Crippen LogP contribution in [0, 0.1) is 0 Å². The molecular weight excluding hydrogens is 254 g/mol. The van der Waals surface area contributed by atoms with Gasteiger partial charge in [-0.25, -0.2) is 0 Å². The molecular formula is C15H31N3S. The van der Waals surface area contributed by atoms with Crippen molar-refractivity contribution in [3.05, 3.63) is 0 Å². The molecule has 1 heterocycles.